The van der Waals surface area contributed by atoms with Crippen molar-refractivity contribution in [2.45, 2.75) is 50.5 Å². The van der Waals surface area contributed by atoms with Crippen molar-refractivity contribution in [1.29, 1.82) is 0 Å². The first-order chi connectivity index (χ1) is 19.9. The summed E-state index contributed by atoms with van der Waals surface area (Å²) in [7, 11) is -9.00. The van der Waals surface area contributed by atoms with Crippen LogP contribution in [0.15, 0.2) is 31.0 Å². The molecule has 1 aliphatic heterocycles. The Hall–Kier alpha value is -2.85. The number of imidazole rings is 1. The van der Waals surface area contributed by atoms with E-state index in [0.717, 1.165) is 5.56 Å². The van der Waals surface area contributed by atoms with Crippen LogP contribution in [0.3, 0.4) is 0 Å². The minimum atomic E-state index is -4.60. The molecule has 17 nitrogen and oxygen atoms in total. The Balaban J connectivity index is 1.22. The minimum absolute atomic E-state index is 0.0232. The second-order valence-electron chi connectivity index (χ2n) is 9.91. The van der Waals surface area contributed by atoms with Crippen LogP contribution in [0.5, 0.6) is 0 Å². The predicted molar refractivity (Wildman–Crippen MR) is 145 cm³/mol. The van der Waals surface area contributed by atoms with E-state index in [1.54, 1.807) is 16.7 Å². The lowest BCUT2D eigenvalue weighted by atomic mass is 9.72. The highest BCUT2D eigenvalue weighted by Gasteiger charge is 2.44. The van der Waals surface area contributed by atoms with E-state index in [2.05, 4.69) is 19.9 Å². The first kappa shape index (κ1) is 30.6. The molecule has 19 heteroatoms. The van der Waals surface area contributed by atoms with Crippen molar-refractivity contribution in [3.8, 4) is 0 Å². The van der Waals surface area contributed by atoms with Crippen LogP contribution in [0.4, 0.5) is 5.82 Å². The average molecular weight is 627 g/mol. The summed E-state index contributed by atoms with van der Waals surface area (Å²) in [4.78, 5) is 48.0. The Morgan fingerprint density at radius 1 is 1.10 bits per heavy atom. The van der Waals surface area contributed by atoms with Crippen molar-refractivity contribution >= 4 is 38.5 Å². The molecule has 2 aliphatic rings. The number of ether oxygens (including phenoxy) is 1. The van der Waals surface area contributed by atoms with Crippen molar-refractivity contribution in [2.75, 3.05) is 25.6 Å². The molecule has 0 radical (unpaired) electrons. The Labute approximate surface area is 239 Å². The maximum absolute atomic E-state index is 13.0. The van der Waals surface area contributed by atoms with Gasteiger partial charge in [-0.05, 0) is 49.3 Å². The second kappa shape index (κ2) is 12.4. The molecule has 0 spiro atoms. The van der Waals surface area contributed by atoms with Crippen LogP contribution in [0.2, 0.25) is 0 Å². The highest BCUT2D eigenvalue weighted by Crippen LogP contribution is 2.52. The molecule has 42 heavy (non-hydrogen) atoms. The Bertz CT molecular complexity index is 1530. The molecule has 1 aliphatic carbocycles. The van der Waals surface area contributed by atoms with E-state index in [0.29, 0.717) is 24.0 Å². The van der Waals surface area contributed by atoms with Crippen LogP contribution in [-0.4, -0.2) is 72.2 Å². The number of phosphoric ester groups is 2. The number of nitrogens with two attached hydrogens (primary N) is 2. The van der Waals surface area contributed by atoms with Gasteiger partial charge in [-0.3, -0.25) is 32.4 Å². The first-order valence-corrected chi connectivity index (χ1v) is 16.1. The Morgan fingerprint density at radius 3 is 2.60 bits per heavy atom. The van der Waals surface area contributed by atoms with Crippen LogP contribution in [0.1, 0.15) is 54.4 Å². The van der Waals surface area contributed by atoms with Crippen molar-refractivity contribution in [3.05, 3.63) is 42.2 Å². The summed E-state index contributed by atoms with van der Waals surface area (Å²) in [5.41, 5.74) is 12.9. The van der Waals surface area contributed by atoms with Crippen molar-refractivity contribution in [2.24, 2.45) is 11.7 Å². The molecule has 0 aromatic carbocycles. The number of carbonyl (C=O) groups is 1. The van der Waals surface area contributed by atoms with Crippen LogP contribution in [0.25, 0.3) is 11.2 Å². The third-order valence-electron chi connectivity index (χ3n) is 7.06. The smallest absolute Gasteiger partial charge is 0.382 e. The Kier molecular flexibility index (Phi) is 9.04. The van der Waals surface area contributed by atoms with E-state index in [1.807, 2.05) is 0 Å². The van der Waals surface area contributed by atoms with E-state index in [4.69, 9.17) is 34.3 Å². The number of hydrogen-bond acceptors (Lipinski definition) is 13. The van der Waals surface area contributed by atoms with Gasteiger partial charge in [0.2, 0.25) is 0 Å². The lowest BCUT2D eigenvalue weighted by Gasteiger charge is -2.35. The van der Waals surface area contributed by atoms with Gasteiger partial charge in [-0.15, -0.1) is 0 Å². The SMILES string of the molecule is CCOP(=O)(O)OC[C@H]1O[C@@H](n2cnc3c(N)ncnc32)C[C@@H]1OP(=O)(O)OC[C@H]1C[C@@H](c2ccnc(C(N)=O)c2)C1. The molecule has 2 fully saturated rings. The van der Waals surface area contributed by atoms with E-state index in [-0.39, 0.29) is 43.0 Å². The van der Waals surface area contributed by atoms with Gasteiger partial charge >= 0.3 is 15.6 Å². The number of primary amides is 1. The van der Waals surface area contributed by atoms with E-state index < -0.39 is 46.6 Å². The summed E-state index contributed by atoms with van der Waals surface area (Å²) in [6, 6.07) is 3.44. The molecule has 4 heterocycles. The number of nitrogens with zero attached hydrogens (tertiary/aromatic N) is 5. The maximum Gasteiger partial charge on any atom is 0.472 e. The zero-order valence-corrected chi connectivity index (χ0v) is 24.3. The van der Waals surface area contributed by atoms with E-state index >= 15 is 0 Å². The number of anilines is 1. The number of phosphoric acid groups is 2. The number of hydrogen-bond donors (Lipinski definition) is 4. The van der Waals surface area contributed by atoms with Gasteiger partial charge in [0, 0.05) is 12.6 Å². The molecule has 5 atom stereocenters. The van der Waals surface area contributed by atoms with E-state index in [1.165, 1.54) is 25.8 Å². The number of rotatable bonds is 13. The van der Waals surface area contributed by atoms with Crippen molar-refractivity contribution < 1.29 is 46.5 Å². The quantitative estimate of drug-likeness (QED) is 0.198. The monoisotopic (exact) mass is 627 g/mol. The topological polar surface area (TPSA) is 246 Å². The van der Waals surface area contributed by atoms with Crippen molar-refractivity contribution in [3.63, 3.8) is 0 Å². The molecule has 0 bridgehead atoms. The van der Waals surface area contributed by atoms with Crippen LogP contribution in [-0.2, 0) is 32.0 Å². The lowest BCUT2D eigenvalue weighted by Crippen LogP contribution is -2.29. The zero-order valence-electron chi connectivity index (χ0n) is 22.5. The van der Waals surface area contributed by atoms with E-state index in [9.17, 15) is 23.7 Å². The summed E-state index contributed by atoms with van der Waals surface area (Å²) in [5, 5.41) is 0. The fourth-order valence-corrected chi connectivity index (χ4v) is 6.72. The first-order valence-electron chi connectivity index (χ1n) is 13.1. The molecule has 3 aromatic rings. The molecule has 2 unspecified atom stereocenters. The maximum atomic E-state index is 13.0. The third kappa shape index (κ3) is 7.02. The number of fused-ring (bicyclic) bond motifs is 1. The molecule has 3 aromatic heterocycles. The molecular formula is C23H31N7O10P2. The predicted octanol–water partition coefficient (Wildman–Crippen LogP) is 2.04. The number of aromatic nitrogens is 5. The summed E-state index contributed by atoms with van der Waals surface area (Å²) in [6.07, 6.45) is 2.61. The summed E-state index contributed by atoms with van der Waals surface area (Å²) in [5.74, 6) is -0.350. The molecule has 1 amide bonds. The van der Waals surface area contributed by atoms with Crippen LogP contribution >= 0.6 is 15.6 Å². The molecule has 5 rings (SSSR count). The molecule has 1 saturated carbocycles. The zero-order chi connectivity index (χ0) is 30.1. The standard InChI is InChI=1S/C23H31N7O10P2/c1-2-36-41(32,33)38-10-18-17(8-19(39-18)30-12-29-20-21(24)27-11-28-23(20)30)40-42(34,35)37-9-13-5-15(6-13)14-3-4-26-16(7-14)22(25)31/h3-4,7,11-13,15,17-19H,2,5-6,8-10H2,1H3,(H2,25,31)(H,32,33)(H,34,35)(H2,24,27,28)/t13-,15+,17-,18+,19+/m0/s1. The lowest BCUT2D eigenvalue weighted by molar-refractivity contribution is -0.0449. The highest BCUT2D eigenvalue weighted by molar-refractivity contribution is 7.47. The number of amides is 1. The summed E-state index contributed by atoms with van der Waals surface area (Å²) in [6.45, 7) is 0.924. The molecule has 6 N–H and O–H groups in total. The summed E-state index contributed by atoms with van der Waals surface area (Å²) < 4.78 is 53.2. The number of carbonyl (C=O) groups excluding carboxylic acids is 1. The average Bonchev–Trinajstić information content (AvgIpc) is 3.51. The van der Waals surface area contributed by atoms with Crippen LogP contribution < -0.4 is 11.5 Å². The largest absolute Gasteiger partial charge is 0.472 e. The highest BCUT2D eigenvalue weighted by atomic mass is 31.2. The second-order valence-corrected chi connectivity index (χ2v) is 12.8. The van der Waals surface area contributed by atoms with Gasteiger partial charge in [-0.25, -0.2) is 24.1 Å². The van der Waals surface area contributed by atoms with Gasteiger partial charge in [-0.2, -0.15) is 0 Å². The fraction of sp³-hybridized carbons (Fsp3) is 0.522. The van der Waals surface area contributed by atoms with Gasteiger partial charge in [0.25, 0.3) is 5.91 Å². The fourth-order valence-electron chi connectivity index (χ4n) is 4.96. The molecule has 228 valence electrons. The number of pyridine rings is 1. The third-order valence-corrected chi connectivity index (χ3v) is 9.13. The van der Waals surface area contributed by atoms with Crippen molar-refractivity contribution in [1.82, 2.24) is 24.5 Å². The number of nitrogen functional groups attached to an aromatic ring is 1. The van der Waals surface area contributed by atoms with Crippen LogP contribution in [0, 0.1) is 5.92 Å². The normalized spacial score (nSPS) is 26.9. The van der Waals surface area contributed by atoms with Gasteiger partial charge < -0.3 is 26.0 Å². The molecule has 1 saturated heterocycles. The molecular weight excluding hydrogens is 596 g/mol. The van der Waals surface area contributed by atoms with Gasteiger partial charge in [-0.1, -0.05) is 0 Å². The van der Waals surface area contributed by atoms with Gasteiger partial charge in [0.05, 0.1) is 26.1 Å². The Morgan fingerprint density at radius 2 is 1.86 bits per heavy atom. The minimum Gasteiger partial charge on any atom is -0.382 e. The van der Waals surface area contributed by atoms with Gasteiger partial charge in [0.15, 0.2) is 11.5 Å². The van der Waals surface area contributed by atoms with Gasteiger partial charge in [0.1, 0.15) is 36.0 Å². The summed E-state index contributed by atoms with van der Waals surface area (Å²) >= 11 is 0.